The van der Waals surface area contributed by atoms with Crippen molar-refractivity contribution in [3.05, 3.63) is 50.4 Å². The zero-order valence-electron chi connectivity index (χ0n) is 9.84. The van der Waals surface area contributed by atoms with E-state index in [4.69, 9.17) is 27.9 Å². The van der Waals surface area contributed by atoms with E-state index in [-0.39, 0.29) is 12.4 Å². The van der Waals surface area contributed by atoms with Gasteiger partial charge >= 0.3 is 5.82 Å². The Hall–Kier alpha value is -1.79. The quantitative estimate of drug-likeness (QED) is 0.642. The van der Waals surface area contributed by atoms with Crippen molar-refractivity contribution < 1.29 is 9.66 Å². The van der Waals surface area contributed by atoms with Crippen LogP contribution in [0.2, 0.25) is 10.0 Å². The minimum absolute atomic E-state index is 0.0751. The maximum atomic E-state index is 10.7. The van der Waals surface area contributed by atoms with Gasteiger partial charge in [-0.1, -0.05) is 23.2 Å². The highest BCUT2D eigenvalue weighted by molar-refractivity contribution is 6.35. The van der Waals surface area contributed by atoms with Gasteiger partial charge in [-0.3, -0.25) is 0 Å². The summed E-state index contributed by atoms with van der Waals surface area (Å²) in [4.78, 5) is 14.1. The number of nitro groups is 1. The lowest BCUT2D eigenvalue weighted by atomic mass is 10.3. The van der Waals surface area contributed by atoms with Crippen LogP contribution in [0.15, 0.2) is 24.4 Å². The molecule has 0 fully saturated rings. The first-order chi connectivity index (χ1) is 8.99. The molecule has 0 bridgehead atoms. The third-order valence-electron chi connectivity index (χ3n) is 2.50. The van der Waals surface area contributed by atoms with Gasteiger partial charge in [0, 0.05) is 5.02 Å². The lowest BCUT2D eigenvalue weighted by Crippen LogP contribution is -2.05. The zero-order chi connectivity index (χ0) is 14.0. The smallest absolute Gasteiger partial charge is 0.342 e. The van der Waals surface area contributed by atoms with Gasteiger partial charge in [0.05, 0.1) is 12.1 Å². The first-order valence-corrected chi connectivity index (χ1v) is 5.97. The van der Waals surface area contributed by atoms with Gasteiger partial charge in [0.25, 0.3) is 0 Å². The summed E-state index contributed by atoms with van der Waals surface area (Å²) in [6.07, 6.45) is 1.18. The second-order valence-corrected chi connectivity index (χ2v) is 4.56. The summed E-state index contributed by atoms with van der Waals surface area (Å²) in [7, 11) is 1.55. The third-order valence-corrected chi connectivity index (χ3v) is 3.03. The average Bonchev–Trinajstić information content (AvgIpc) is 2.70. The lowest BCUT2D eigenvalue weighted by molar-refractivity contribution is -0.391. The van der Waals surface area contributed by atoms with Crippen LogP contribution in [0.25, 0.3) is 0 Å². The van der Waals surface area contributed by atoms with E-state index in [2.05, 4.69) is 4.98 Å². The summed E-state index contributed by atoms with van der Waals surface area (Å²) >= 11 is 11.7. The first kappa shape index (κ1) is 13.6. The standard InChI is InChI=1S/C11H9Cl2N3O3/c1-15-10(14-5-11(15)16(17)18)6-19-9-3-2-7(12)4-8(9)13/h2-5H,6H2,1H3. The van der Waals surface area contributed by atoms with Crippen molar-refractivity contribution in [3.63, 3.8) is 0 Å². The van der Waals surface area contributed by atoms with Crippen LogP contribution in [-0.2, 0) is 13.7 Å². The molecule has 0 unspecified atom stereocenters. The Labute approximate surface area is 118 Å². The number of aromatic nitrogens is 2. The van der Waals surface area contributed by atoms with Crippen molar-refractivity contribution in [2.45, 2.75) is 6.61 Å². The van der Waals surface area contributed by atoms with Gasteiger partial charge in [-0.15, -0.1) is 0 Å². The van der Waals surface area contributed by atoms with Crippen LogP contribution in [0, 0.1) is 10.1 Å². The molecular weight excluding hydrogens is 293 g/mol. The van der Waals surface area contributed by atoms with Crippen molar-refractivity contribution in [3.8, 4) is 5.75 Å². The summed E-state index contributed by atoms with van der Waals surface area (Å²) in [5, 5.41) is 11.5. The maximum Gasteiger partial charge on any atom is 0.342 e. The molecule has 0 aliphatic carbocycles. The van der Waals surface area contributed by atoms with E-state index in [0.29, 0.717) is 21.6 Å². The SMILES string of the molecule is Cn1c([N+](=O)[O-])cnc1COc1ccc(Cl)cc1Cl. The highest BCUT2D eigenvalue weighted by atomic mass is 35.5. The van der Waals surface area contributed by atoms with Gasteiger partial charge in [-0.05, 0) is 23.1 Å². The minimum Gasteiger partial charge on any atom is -0.482 e. The highest BCUT2D eigenvalue weighted by Gasteiger charge is 2.17. The number of halogens is 2. The normalized spacial score (nSPS) is 10.5. The first-order valence-electron chi connectivity index (χ1n) is 5.22. The molecule has 0 aliphatic rings. The molecule has 0 spiro atoms. The third kappa shape index (κ3) is 2.97. The van der Waals surface area contributed by atoms with Gasteiger partial charge in [-0.2, -0.15) is 0 Å². The molecule has 1 heterocycles. The molecule has 0 aliphatic heterocycles. The van der Waals surface area contributed by atoms with Crippen LogP contribution in [0.4, 0.5) is 5.82 Å². The number of benzene rings is 1. The van der Waals surface area contributed by atoms with E-state index in [9.17, 15) is 10.1 Å². The Balaban J connectivity index is 2.12. The molecule has 2 aromatic rings. The number of nitrogens with zero attached hydrogens (tertiary/aromatic N) is 3. The predicted molar refractivity (Wildman–Crippen MR) is 70.7 cm³/mol. The number of hydrogen-bond donors (Lipinski definition) is 0. The van der Waals surface area contributed by atoms with Crippen molar-refractivity contribution in [1.29, 1.82) is 0 Å². The summed E-state index contributed by atoms with van der Waals surface area (Å²) in [6.45, 7) is 0.0751. The van der Waals surface area contributed by atoms with E-state index in [1.165, 1.54) is 10.8 Å². The van der Waals surface area contributed by atoms with Gasteiger partial charge in [0.15, 0.2) is 6.61 Å². The Bertz CT molecular complexity index is 628. The molecular formula is C11H9Cl2N3O3. The Morgan fingerprint density at radius 3 is 2.79 bits per heavy atom. The summed E-state index contributed by atoms with van der Waals surface area (Å²) in [5.74, 6) is 0.773. The molecule has 0 N–H and O–H groups in total. The van der Waals surface area contributed by atoms with E-state index >= 15 is 0 Å². The molecule has 100 valence electrons. The van der Waals surface area contributed by atoms with Gasteiger partial charge in [-0.25, -0.2) is 9.55 Å². The second kappa shape index (κ2) is 5.46. The van der Waals surface area contributed by atoms with Crippen molar-refractivity contribution >= 4 is 29.0 Å². The lowest BCUT2D eigenvalue weighted by Gasteiger charge is -2.06. The van der Waals surface area contributed by atoms with Crippen molar-refractivity contribution in [2.24, 2.45) is 7.05 Å². The molecule has 0 amide bonds. The largest absolute Gasteiger partial charge is 0.482 e. The minimum atomic E-state index is -0.508. The molecule has 1 aromatic carbocycles. The van der Waals surface area contributed by atoms with E-state index < -0.39 is 4.92 Å². The van der Waals surface area contributed by atoms with E-state index in [1.807, 2.05) is 0 Å². The fourth-order valence-corrected chi connectivity index (χ4v) is 1.94. The molecule has 0 radical (unpaired) electrons. The second-order valence-electron chi connectivity index (χ2n) is 3.71. The Morgan fingerprint density at radius 2 is 2.21 bits per heavy atom. The van der Waals surface area contributed by atoms with Gasteiger partial charge in [0.1, 0.15) is 11.9 Å². The van der Waals surface area contributed by atoms with Crippen LogP contribution in [-0.4, -0.2) is 14.5 Å². The monoisotopic (exact) mass is 301 g/mol. The van der Waals surface area contributed by atoms with Gasteiger partial charge in [0.2, 0.25) is 5.82 Å². The fourth-order valence-electron chi connectivity index (χ4n) is 1.48. The fraction of sp³-hybridized carbons (Fsp3) is 0.182. The van der Waals surface area contributed by atoms with Crippen LogP contribution < -0.4 is 4.74 Å². The molecule has 19 heavy (non-hydrogen) atoms. The van der Waals surface area contributed by atoms with Gasteiger partial charge < -0.3 is 14.9 Å². The number of rotatable bonds is 4. The van der Waals surface area contributed by atoms with Crippen LogP contribution >= 0.6 is 23.2 Å². The highest BCUT2D eigenvalue weighted by Crippen LogP contribution is 2.28. The zero-order valence-corrected chi connectivity index (χ0v) is 11.4. The Kier molecular flexibility index (Phi) is 3.92. The average molecular weight is 302 g/mol. The summed E-state index contributed by atoms with van der Waals surface area (Å²) < 4.78 is 6.81. The van der Waals surface area contributed by atoms with Crippen LogP contribution in [0.1, 0.15) is 5.82 Å². The molecule has 8 heteroatoms. The van der Waals surface area contributed by atoms with Crippen LogP contribution in [0.5, 0.6) is 5.75 Å². The molecule has 0 atom stereocenters. The molecule has 0 saturated heterocycles. The van der Waals surface area contributed by atoms with Crippen LogP contribution in [0.3, 0.4) is 0 Å². The van der Waals surface area contributed by atoms with Crippen molar-refractivity contribution in [1.82, 2.24) is 9.55 Å². The Morgan fingerprint density at radius 1 is 1.47 bits per heavy atom. The van der Waals surface area contributed by atoms with Crippen molar-refractivity contribution in [2.75, 3.05) is 0 Å². The van der Waals surface area contributed by atoms with E-state index in [1.54, 1.807) is 25.2 Å². The molecule has 0 saturated carbocycles. The maximum absolute atomic E-state index is 10.7. The van der Waals surface area contributed by atoms with E-state index in [0.717, 1.165) is 0 Å². The molecule has 1 aromatic heterocycles. The predicted octanol–water partition coefficient (Wildman–Crippen LogP) is 3.21. The topological polar surface area (TPSA) is 70.2 Å². The number of imidazole rings is 1. The number of ether oxygens (including phenoxy) is 1. The molecule has 6 nitrogen and oxygen atoms in total. The summed E-state index contributed by atoms with van der Waals surface area (Å²) in [6, 6.07) is 4.82. The number of hydrogen-bond acceptors (Lipinski definition) is 4. The molecule has 2 rings (SSSR count). The summed E-state index contributed by atoms with van der Waals surface area (Å²) in [5.41, 5.74) is 0.